The van der Waals surface area contributed by atoms with Crippen LogP contribution in [0.3, 0.4) is 0 Å². The molecule has 1 atom stereocenters. The van der Waals surface area contributed by atoms with Gasteiger partial charge in [0.2, 0.25) is 5.91 Å². The van der Waals surface area contributed by atoms with Gasteiger partial charge in [-0.1, -0.05) is 78.9 Å². The zero-order valence-corrected chi connectivity index (χ0v) is 17.2. The monoisotopic (exact) mass is 430 g/mol. The van der Waals surface area contributed by atoms with E-state index in [2.05, 4.69) is 10.6 Å². The Hall–Kier alpha value is -4.13. The van der Waals surface area contributed by atoms with Gasteiger partial charge in [-0.2, -0.15) is 0 Å². The lowest BCUT2D eigenvalue weighted by atomic mass is 9.98. The predicted octanol–water partition coefficient (Wildman–Crippen LogP) is 3.47. The van der Waals surface area contributed by atoms with E-state index in [1.165, 1.54) is 0 Å². The van der Waals surface area contributed by atoms with Gasteiger partial charge < -0.3 is 20.5 Å². The molecular formula is C25H22N2O5. The fourth-order valence-electron chi connectivity index (χ4n) is 3.97. The molecule has 0 saturated heterocycles. The van der Waals surface area contributed by atoms with Crippen LogP contribution in [0.2, 0.25) is 0 Å². The van der Waals surface area contributed by atoms with Crippen molar-refractivity contribution in [3.05, 3.63) is 95.6 Å². The van der Waals surface area contributed by atoms with Crippen molar-refractivity contribution in [1.29, 1.82) is 0 Å². The SMILES string of the molecule is O=C(O)CNC(=O)[C@H](NC(=O)OCC1c2ccccc2-c2ccccc21)c1ccccc1. The molecular weight excluding hydrogens is 408 g/mol. The number of carbonyl (C=O) groups excluding carboxylic acids is 2. The van der Waals surface area contributed by atoms with Crippen molar-refractivity contribution in [2.45, 2.75) is 12.0 Å². The largest absolute Gasteiger partial charge is 0.480 e. The summed E-state index contributed by atoms with van der Waals surface area (Å²) in [6.07, 6.45) is -0.758. The first-order valence-corrected chi connectivity index (χ1v) is 10.2. The van der Waals surface area contributed by atoms with Gasteiger partial charge in [0.1, 0.15) is 19.2 Å². The van der Waals surface area contributed by atoms with E-state index in [-0.39, 0.29) is 12.5 Å². The molecule has 4 rings (SSSR count). The molecule has 0 unspecified atom stereocenters. The normalized spacial score (nSPS) is 12.9. The molecule has 0 aromatic heterocycles. The van der Waals surface area contributed by atoms with Gasteiger partial charge in [-0.25, -0.2) is 4.79 Å². The van der Waals surface area contributed by atoms with Crippen LogP contribution >= 0.6 is 0 Å². The highest BCUT2D eigenvalue weighted by atomic mass is 16.5. The smallest absolute Gasteiger partial charge is 0.408 e. The molecule has 0 aliphatic heterocycles. The number of aliphatic carboxylic acids is 1. The van der Waals surface area contributed by atoms with Crippen LogP contribution < -0.4 is 10.6 Å². The van der Waals surface area contributed by atoms with Crippen LogP contribution in [0.15, 0.2) is 78.9 Å². The quantitative estimate of drug-likeness (QED) is 0.532. The minimum Gasteiger partial charge on any atom is -0.480 e. The topological polar surface area (TPSA) is 105 Å². The zero-order valence-electron chi connectivity index (χ0n) is 17.2. The van der Waals surface area contributed by atoms with Crippen LogP contribution in [-0.2, 0) is 14.3 Å². The Labute approximate surface area is 185 Å². The van der Waals surface area contributed by atoms with E-state index in [9.17, 15) is 14.4 Å². The van der Waals surface area contributed by atoms with Gasteiger partial charge in [-0.15, -0.1) is 0 Å². The summed E-state index contributed by atoms with van der Waals surface area (Å²) in [4.78, 5) is 36.0. The lowest BCUT2D eigenvalue weighted by Crippen LogP contribution is -2.42. The molecule has 3 N–H and O–H groups in total. The number of alkyl carbamates (subject to hydrolysis) is 1. The van der Waals surface area contributed by atoms with Crippen LogP contribution in [0.25, 0.3) is 11.1 Å². The number of carboxylic acid groups (broad SMARTS) is 1. The molecule has 0 spiro atoms. The van der Waals surface area contributed by atoms with Gasteiger partial charge in [-0.3, -0.25) is 9.59 Å². The second-order valence-corrected chi connectivity index (χ2v) is 7.43. The molecule has 0 radical (unpaired) electrons. The lowest BCUT2D eigenvalue weighted by Gasteiger charge is -2.20. The lowest BCUT2D eigenvalue weighted by molar-refractivity contribution is -0.138. The Morgan fingerprint density at radius 1 is 0.844 bits per heavy atom. The minimum atomic E-state index is -1.17. The summed E-state index contributed by atoms with van der Waals surface area (Å²) in [7, 11) is 0. The van der Waals surface area contributed by atoms with Gasteiger partial charge in [-0.05, 0) is 27.8 Å². The first kappa shape index (κ1) is 21.1. The van der Waals surface area contributed by atoms with Crippen molar-refractivity contribution in [3.8, 4) is 11.1 Å². The van der Waals surface area contributed by atoms with Crippen molar-refractivity contribution in [3.63, 3.8) is 0 Å². The summed E-state index contributed by atoms with van der Waals surface area (Å²) in [5, 5.41) is 13.7. The summed E-state index contributed by atoms with van der Waals surface area (Å²) in [5.74, 6) is -1.91. The summed E-state index contributed by atoms with van der Waals surface area (Å²) in [5.41, 5.74) is 4.92. The van der Waals surface area contributed by atoms with Gasteiger partial charge in [0.25, 0.3) is 0 Å². The number of carboxylic acids is 1. The fourth-order valence-corrected chi connectivity index (χ4v) is 3.97. The van der Waals surface area contributed by atoms with Gasteiger partial charge in [0.15, 0.2) is 0 Å². The number of rotatable bonds is 7. The molecule has 7 nitrogen and oxygen atoms in total. The highest BCUT2D eigenvalue weighted by Gasteiger charge is 2.30. The first-order chi connectivity index (χ1) is 15.5. The van der Waals surface area contributed by atoms with Crippen LogP contribution in [0.1, 0.15) is 28.7 Å². The maximum atomic E-state index is 12.6. The van der Waals surface area contributed by atoms with Gasteiger partial charge in [0.05, 0.1) is 0 Å². The number of fused-ring (bicyclic) bond motifs is 3. The third kappa shape index (κ3) is 4.46. The Bertz CT molecular complexity index is 1100. The standard InChI is InChI=1S/C25H22N2O5/c28-22(29)14-26-24(30)23(16-8-2-1-3-9-16)27-25(31)32-15-21-19-12-6-4-10-17(19)18-11-5-7-13-20(18)21/h1-13,21,23H,14-15H2,(H,26,30)(H,27,31)(H,28,29)/t23-/m1/s1. The molecule has 1 aliphatic rings. The maximum Gasteiger partial charge on any atom is 0.408 e. The number of nitrogens with one attached hydrogen (secondary N) is 2. The van der Waals surface area contributed by atoms with Crippen LogP contribution in [0, 0.1) is 0 Å². The predicted molar refractivity (Wildman–Crippen MR) is 118 cm³/mol. The Morgan fingerprint density at radius 3 is 2.00 bits per heavy atom. The molecule has 0 fully saturated rings. The molecule has 1 aliphatic carbocycles. The molecule has 0 saturated carbocycles. The van der Waals surface area contributed by atoms with E-state index < -0.39 is 30.6 Å². The van der Waals surface area contributed by atoms with E-state index in [1.54, 1.807) is 30.3 Å². The van der Waals surface area contributed by atoms with Crippen LogP contribution in [0.4, 0.5) is 4.79 Å². The van der Waals surface area contributed by atoms with E-state index in [0.717, 1.165) is 22.3 Å². The second kappa shape index (κ2) is 9.34. The van der Waals surface area contributed by atoms with Crippen LogP contribution in [0.5, 0.6) is 0 Å². The van der Waals surface area contributed by atoms with E-state index >= 15 is 0 Å². The van der Waals surface area contributed by atoms with Gasteiger partial charge in [0, 0.05) is 5.92 Å². The summed E-state index contributed by atoms with van der Waals surface area (Å²) in [6, 6.07) is 23.5. The third-order valence-electron chi connectivity index (χ3n) is 5.41. The Kier molecular flexibility index (Phi) is 6.17. The summed E-state index contributed by atoms with van der Waals surface area (Å²) >= 11 is 0. The molecule has 3 aromatic carbocycles. The highest BCUT2D eigenvalue weighted by Crippen LogP contribution is 2.44. The van der Waals surface area contributed by atoms with Crippen molar-refractivity contribution in [2.24, 2.45) is 0 Å². The zero-order chi connectivity index (χ0) is 22.5. The number of hydrogen-bond acceptors (Lipinski definition) is 4. The Morgan fingerprint density at radius 2 is 1.41 bits per heavy atom. The fraction of sp³-hybridized carbons (Fsp3) is 0.160. The maximum absolute atomic E-state index is 12.6. The molecule has 7 heteroatoms. The van der Waals surface area contributed by atoms with Crippen LogP contribution in [-0.4, -0.2) is 36.2 Å². The van der Waals surface area contributed by atoms with Crippen molar-refractivity contribution in [1.82, 2.24) is 10.6 Å². The van der Waals surface area contributed by atoms with E-state index in [0.29, 0.717) is 5.56 Å². The number of ether oxygens (including phenoxy) is 1. The molecule has 3 aromatic rings. The third-order valence-corrected chi connectivity index (χ3v) is 5.41. The minimum absolute atomic E-state index is 0.107. The number of carbonyl (C=O) groups is 3. The second-order valence-electron chi connectivity index (χ2n) is 7.43. The molecule has 32 heavy (non-hydrogen) atoms. The first-order valence-electron chi connectivity index (χ1n) is 10.2. The summed E-state index contributed by atoms with van der Waals surface area (Å²) < 4.78 is 5.52. The molecule has 162 valence electrons. The van der Waals surface area contributed by atoms with Crippen molar-refractivity contribution < 1.29 is 24.2 Å². The van der Waals surface area contributed by atoms with Crippen molar-refractivity contribution >= 4 is 18.0 Å². The summed E-state index contributed by atoms with van der Waals surface area (Å²) in [6.45, 7) is -0.438. The number of amides is 2. The Balaban J connectivity index is 1.47. The average Bonchev–Trinajstić information content (AvgIpc) is 3.14. The average molecular weight is 430 g/mol. The number of benzene rings is 3. The van der Waals surface area contributed by atoms with E-state index in [1.807, 2.05) is 48.5 Å². The highest BCUT2D eigenvalue weighted by molar-refractivity contribution is 5.89. The van der Waals surface area contributed by atoms with E-state index in [4.69, 9.17) is 9.84 Å². The number of hydrogen-bond donors (Lipinski definition) is 3. The molecule has 0 bridgehead atoms. The van der Waals surface area contributed by atoms with Gasteiger partial charge >= 0.3 is 12.1 Å². The molecule has 2 amide bonds. The molecule has 0 heterocycles. The van der Waals surface area contributed by atoms with Crippen molar-refractivity contribution in [2.75, 3.05) is 13.2 Å².